The third kappa shape index (κ3) is 5.47. The smallest absolute Gasteiger partial charge is 0.307 e. The molecule has 4 rings (SSSR count). The van der Waals surface area contributed by atoms with Crippen molar-refractivity contribution < 1.29 is 19.1 Å². The molecule has 3 aromatic rings. The highest BCUT2D eigenvalue weighted by Crippen LogP contribution is 2.34. The Balaban J connectivity index is 1.69. The quantitative estimate of drug-likeness (QED) is 0.411. The molecule has 0 spiro atoms. The van der Waals surface area contributed by atoms with Crippen molar-refractivity contribution in [2.75, 3.05) is 18.1 Å². The first-order valence-electron chi connectivity index (χ1n) is 11.9. The minimum Gasteiger partial charge on any atom is -0.466 e. The molecule has 2 amide bonds. The maximum Gasteiger partial charge on any atom is 0.307 e. The summed E-state index contributed by atoms with van der Waals surface area (Å²) < 4.78 is 5.07. The van der Waals surface area contributed by atoms with Gasteiger partial charge in [-0.15, -0.1) is 11.3 Å². The van der Waals surface area contributed by atoms with Crippen LogP contribution in [0.25, 0.3) is 0 Å². The summed E-state index contributed by atoms with van der Waals surface area (Å²) in [5, 5.41) is 10.9. The van der Waals surface area contributed by atoms with Crippen molar-refractivity contribution >= 4 is 40.5 Å². The molecule has 0 radical (unpaired) electrons. The van der Waals surface area contributed by atoms with Gasteiger partial charge in [0.2, 0.25) is 0 Å². The number of thiophene rings is 1. The van der Waals surface area contributed by atoms with Crippen molar-refractivity contribution in [3.8, 4) is 6.07 Å². The Hall–Kier alpha value is -3.96. The number of rotatable bonds is 8. The van der Waals surface area contributed by atoms with Crippen LogP contribution in [0.2, 0.25) is 0 Å². The molecule has 1 aromatic heterocycles. The maximum absolute atomic E-state index is 13.8. The number of para-hydroxylation sites is 1. The van der Waals surface area contributed by atoms with Gasteiger partial charge in [0.25, 0.3) is 11.8 Å². The van der Waals surface area contributed by atoms with Gasteiger partial charge >= 0.3 is 5.97 Å². The first kappa shape index (κ1) is 25.1. The Morgan fingerprint density at radius 1 is 1.14 bits per heavy atom. The van der Waals surface area contributed by atoms with Crippen LogP contribution in [0.4, 0.5) is 11.4 Å². The summed E-state index contributed by atoms with van der Waals surface area (Å²) in [7, 11) is 0. The largest absolute Gasteiger partial charge is 0.466 e. The molecule has 1 aliphatic rings. The van der Waals surface area contributed by atoms with Crippen LogP contribution in [0.3, 0.4) is 0 Å². The predicted molar refractivity (Wildman–Crippen MR) is 138 cm³/mol. The molecule has 2 aromatic carbocycles. The van der Waals surface area contributed by atoms with E-state index in [4.69, 9.17) is 10.00 Å². The Morgan fingerprint density at radius 2 is 1.92 bits per heavy atom. The molecule has 0 saturated carbocycles. The van der Waals surface area contributed by atoms with Crippen LogP contribution in [0.15, 0.2) is 60.0 Å². The summed E-state index contributed by atoms with van der Waals surface area (Å²) in [6, 6.07) is 18.4. The van der Waals surface area contributed by atoms with Gasteiger partial charge in [0.15, 0.2) is 0 Å². The van der Waals surface area contributed by atoms with E-state index in [1.165, 1.54) is 4.90 Å². The number of carbonyl (C=O) groups excluding carboxylic acids is 3. The molecule has 1 aliphatic heterocycles. The lowest BCUT2D eigenvalue weighted by Gasteiger charge is -2.27. The van der Waals surface area contributed by atoms with E-state index in [9.17, 15) is 14.4 Å². The molecule has 8 heteroatoms. The number of aryl methyl sites for hydroxylation is 2. The molecule has 0 bridgehead atoms. The molecular formula is C28H27N3O4S. The lowest BCUT2D eigenvalue weighted by molar-refractivity contribution is -0.144. The zero-order valence-electron chi connectivity index (χ0n) is 20.3. The van der Waals surface area contributed by atoms with Crippen molar-refractivity contribution in [1.82, 2.24) is 4.90 Å². The van der Waals surface area contributed by atoms with E-state index in [1.54, 1.807) is 30.1 Å². The van der Waals surface area contributed by atoms with E-state index < -0.39 is 12.0 Å². The summed E-state index contributed by atoms with van der Waals surface area (Å²) in [5.41, 5.74) is 3.21. The fourth-order valence-corrected chi connectivity index (χ4v) is 5.12. The summed E-state index contributed by atoms with van der Waals surface area (Å²) in [6.07, 6.45) is 1.43. The third-order valence-corrected chi connectivity index (χ3v) is 7.10. The van der Waals surface area contributed by atoms with Gasteiger partial charge < -0.3 is 9.64 Å². The number of ether oxygens (including phenoxy) is 1. The average molecular weight is 502 g/mol. The lowest BCUT2D eigenvalue weighted by Crippen LogP contribution is -2.43. The minimum atomic E-state index is -0.511. The predicted octanol–water partition coefficient (Wildman–Crippen LogP) is 4.87. The fourth-order valence-electron chi connectivity index (χ4n) is 4.31. The molecule has 1 unspecified atom stereocenters. The number of amides is 2. The lowest BCUT2D eigenvalue weighted by atomic mass is 10.0. The van der Waals surface area contributed by atoms with Gasteiger partial charge in [-0.1, -0.05) is 24.3 Å². The number of nitrogens with zero attached hydrogens (tertiary/aromatic N) is 3. The molecule has 2 heterocycles. The number of nitriles is 1. The first-order chi connectivity index (χ1) is 17.4. The van der Waals surface area contributed by atoms with Gasteiger partial charge in [-0.3, -0.25) is 19.3 Å². The number of fused-ring (bicyclic) bond motifs is 1. The van der Waals surface area contributed by atoms with E-state index in [-0.39, 0.29) is 31.4 Å². The topological polar surface area (TPSA) is 90.7 Å². The first-order valence-corrected chi connectivity index (χ1v) is 12.7. The van der Waals surface area contributed by atoms with Crippen LogP contribution in [0, 0.1) is 11.3 Å². The Morgan fingerprint density at radius 3 is 2.61 bits per heavy atom. The van der Waals surface area contributed by atoms with Crippen LogP contribution in [-0.4, -0.2) is 41.9 Å². The van der Waals surface area contributed by atoms with Crippen molar-refractivity contribution in [3.63, 3.8) is 0 Å². The number of carbonyl (C=O) groups is 3. The number of hydrogen-bond donors (Lipinski definition) is 0. The third-order valence-electron chi connectivity index (χ3n) is 6.10. The monoisotopic (exact) mass is 501 g/mol. The van der Waals surface area contributed by atoms with Gasteiger partial charge in [-0.2, -0.15) is 5.26 Å². The second-order valence-electron chi connectivity index (χ2n) is 8.62. The van der Waals surface area contributed by atoms with Crippen LogP contribution in [-0.2, 0) is 27.2 Å². The van der Waals surface area contributed by atoms with Gasteiger partial charge in [-0.05, 0) is 62.6 Å². The summed E-state index contributed by atoms with van der Waals surface area (Å²) >= 11 is 1.54. The highest BCUT2D eigenvalue weighted by molar-refractivity contribution is 7.10. The van der Waals surface area contributed by atoms with Crippen LogP contribution in [0.5, 0.6) is 0 Å². The highest BCUT2D eigenvalue weighted by atomic mass is 32.1. The van der Waals surface area contributed by atoms with E-state index in [0.717, 1.165) is 16.9 Å². The van der Waals surface area contributed by atoms with Crippen molar-refractivity contribution in [2.24, 2.45) is 0 Å². The number of anilines is 2. The zero-order valence-corrected chi connectivity index (χ0v) is 21.1. The highest BCUT2D eigenvalue weighted by Gasteiger charge is 2.35. The van der Waals surface area contributed by atoms with E-state index in [1.807, 2.05) is 60.0 Å². The molecule has 1 atom stereocenters. The second-order valence-corrected chi connectivity index (χ2v) is 9.62. The van der Waals surface area contributed by atoms with Gasteiger partial charge in [0.05, 0.1) is 35.9 Å². The van der Waals surface area contributed by atoms with Crippen molar-refractivity contribution in [3.05, 3.63) is 81.5 Å². The molecule has 184 valence electrons. The van der Waals surface area contributed by atoms with Crippen LogP contribution in [0.1, 0.15) is 46.6 Å². The second kappa shape index (κ2) is 11.2. The molecule has 0 saturated heterocycles. The van der Waals surface area contributed by atoms with Gasteiger partial charge in [-0.25, -0.2) is 0 Å². The molecular weight excluding hydrogens is 474 g/mol. The molecule has 0 fully saturated rings. The number of hydrogen-bond acceptors (Lipinski definition) is 6. The maximum atomic E-state index is 13.8. The summed E-state index contributed by atoms with van der Waals surface area (Å²) in [5.74, 6) is -0.950. The van der Waals surface area contributed by atoms with Gasteiger partial charge in [0, 0.05) is 22.0 Å². The normalized spacial score (nSPS) is 14.1. The molecule has 7 nitrogen and oxygen atoms in total. The van der Waals surface area contributed by atoms with Crippen LogP contribution >= 0.6 is 11.3 Å². The molecule has 36 heavy (non-hydrogen) atoms. The fraction of sp³-hybridized carbons (Fsp3) is 0.286. The molecule has 0 aliphatic carbocycles. The standard InChI is InChI=1S/C28H27N3O4S/c1-3-35-27(33)13-19(2)30-17-26(32)31(22-7-5-4-6-8-22)25-12-10-20(15-24(25)28(30)34)9-11-23-14-21(16-29)18-36-23/h4-8,10,12,14-15,18-19H,3,9,11,13,17H2,1-2H3. The zero-order chi connectivity index (χ0) is 25.7. The minimum absolute atomic E-state index is 0.00677. The van der Waals surface area contributed by atoms with E-state index >= 15 is 0 Å². The number of benzene rings is 2. The Kier molecular flexibility index (Phi) is 7.81. The summed E-state index contributed by atoms with van der Waals surface area (Å²) in [6.45, 7) is 3.60. The Labute approximate surface area is 214 Å². The van der Waals surface area contributed by atoms with Gasteiger partial charge in [0.1, 0.15) is 6.54 Å². The Bertz CT molecular complexity index is 1310. The van der Waals surface area contributed by atoms with Crippen molar-refractivity contribution in [2.45, 2.75) is 39.2 Å². The van der Waals surface area contributed by atoms with E-state index in [2.05, 4.69) is 6.07 Å². The number of esters is 1. The SMILES string of the molecule is CCOC(=O)CC(C)N1CC(=O)N(c2ccccc2)c2ccc(CCc3cc(C#N)cs3)cc2C1=O. The van der Waals surface area contributed by atoms with Crippen LogP contribution < -0.4 is 4.90 Å². The van der Waals surface area contributed by atoms with E-state index in [0.29, 0.717) is 28.9 Å². The average Bonchev–Trinajstić information content (AvgIpc) is 3.31. The van der Waals surface area contributed by atoms with Crippen molar-refractivity contribution in [1.29, 1.82) is 5.26 Å². The summed E-state index contributed by atoms with van der Waals surface area (Å²) in [4.78, 5) is 43.5. The molecule has 0 N–H and O–H groups in total.